The van der Waals surface area contributed by atoms with Gasteiger partial charge >= 0.3 is 6.18 Å². The van der Waals surface area contributed by atoms with Crippen LogP contribution in [0.1, 0.15) is 44.1 Å². The van der Waals surface area contributed by atoms with Gasteiger partial charge in [0.25, 0.3) is 0 Å². The Kier molecular flexibility index (Phi) is 7.39. The highest BCUT2D eigenvalue weighted by Gasteiger charge is 2.37. The van der Waals surface area contributed by atoms with Crippen LogP contribution in [0.2, 0.25) is 0 Å². The highest BCUT2D eigenvalue weighted by molar-refractivity contribution is 5.52. The van der Waals surface area contributed by atoms with Crippen molar-refractivity contribution in [2.75, 3.05) is 18.9 Å². The second-order valence-corrected chi connectivity index (χ2v) is 9.37. The van der Waals surface area contributed by atoms with Crippen molar-refractivity contribution in [2.45, 2.75) is 56.9 Å². The zero-order chi connectivity index (χ0) is 23.4. The van der Waals surface area contributed by atoms with Crippen LogP contribution in [-0.2, 0) is 0 Å². The molecule has 0 amide bonds. The Morgan fingerprint density at radius 3 is 2.88 bits per heavy atom. The Labute approximate surface area is 194 Å². The van der Waals surface area contributed by atoms with Crippen LogP contribution in [-0.4, -0.2) is 41.9 Å². The van der Waals surface area contributed by atoms with Crippen LogP contribution in [0, 0.1) is 11.8 Å². The average Bonchev–Trinajstić information content (AvgIpc) is 3.11. The highest BCUT2D eigenvalue weighted by Crippen LogP contribution is 2.36. The fourth-order valence-corrected chi connectivity index (χ4v) is 4.94. The van der Waals surface area contributed by atoms with Crippen molar-refractivity contribution in [3.8, 4) is 0 Å². The SMILES string of the molecule is CC1CC(CC2C=CNc3ncccc32)C=CC(NCC2=CCCC(C(F)(F)F)C=C2)N1C. The first-order chi connectivity index (χ1) is 15.8. The van der Waals surface area contributed by atoms with Crippen LogP contribution >= 0.6 is 0 Å². The Bertz CT molecular complexity index is 934. The van der Waals surface area contributed by atoms with Gasteiger partial charge in [-0.05, 0) is 63.4 Å². The van der Waals surface area contributed by atoms with Gasteiger partial charge in [-0.15, -0.1) is 0 Å². The average molecular weight is 459 g/mol. The molecule has 3 aliphatic rings. The first kappa shape index (κ1) is 23.8. The third kappa shape index (κ3) is 5.95. The molecule has 0 fully saturated rings. The molecular weight excluding hydrogens is 425 g/mol. The van der Waals surface area contributed by atoms with Crippen molar-refractivity contribution >= 4 is 5.82 Å². The molecule has 0 aromatic carbocycles. The minimum Gasteiger partial charge on any atom is -0.347 e. The van der Waals surface area contributed by atoms with Crippen molar-refractivity contribution in [2.24, 2.45) is 11.8 Å². The summed E-state index contributed by atoms with van der Waals surface area (Å²) in [4.78, 5) is 6.75. The van der Waals surface area contributed by atoms with Crippen molar-refractivity contribution in [1.29, 1.82) is 0 Å². The summed E-state index contributed by atoms with van der Waals surface area (Å²) < 4.78 is 39.1. The van der Waals surface area contributed by atoms with Crippen LogP contribution in [0.4, 0.5) is 19.0 Å². The minimum atomic E-state index is -4.16. The molecule has 0 spiro atoms. The molecule has 2 N–H and O–H groups in total. The van der Waals surface area contributed by atoms with E-state index in [9.17, 15) is 13.2 Å². The number of nitrogens with one attached hydrogen (secondary N) is 2. The first-order valence-electron chi connectivity index (χ1n) is 11.8. The number of alkyl halides is 3. The van der Waals surface area contributed by atoms with E-state index in [-0.39, 0.29) is 12.6 Å². The summed E-state index contributed by atoms with van der Waals surface area (Å²) in [5, 5.41) is 6.76. The number of rotatable bonds is 5. The molecule has 2 aliphatic heterocycles. The molecule has 0 bridgehead atoms. The molecule has 1 aromatic heterocycles. The number of pyridine rings is 1. The number of anilines is 1. The van der Waals surface area contributed by atoms with Crippen molar-refractivity contribution < 1.29 is 13.2 Å². The number of hydrogen-bond acceptors (Lipinski definition) is 4. The van der Waals surface area contributed by atoms with E-state index in [2.05, 4.69) is 58.8 Å². The number of allylic oxidation sites excluding steroid dienone is 4. The topological polar surface area (TPSA) is 40.2 Å². The van der Waals surface area contributed by atoms with Crippen LogP contribution in [0.15, 0.2) is 66.6 Å². The van der Waals surface area contributed by atoms with Gasteiger partial charge in [0.15, 0.2) is 0 Å². The fourth-order valence-electron chi connectivity index (χ4n) is 4.94. The van der Waals surface area contributed by atoms with Gasteiger partial charge in [0.05, 0.1) is 12.1 Å². The second kappa shape index (κ2) is 10.3. The van der Waals surface area contributed by atoms with Crippen LogP contribution in [0.25, 0.3) is 0 Å². The van der Waals surface area contributed by atoms with Gasteiger partial charge in [-0.25, -0.2) is 4.98 Å². The van der Waals surface area contributed by atoms with Gasteiger partial charge in [-0.2, -0.15) is 13.2 Å². The van der Waals surface area contributed by atoms with Gasteiger partial charge in [0.2, 0.25) is 0 Å². The normalized spacial score (nSPS) is 30.2. The van der Waals surface area contributed by atoms with E-state index < -0.39 is 12.1 Å². The second-order valence-electron chi connectivity index (χ2n) is 9.37. The molecule has 5 unspecified atom stereocenters. The molecule has 3 heterocycles. The summed E-state index contributed by atoms with van der Waals surface area (Å²) in [6.07, 6.45) is 13.9. The lowest BCUT2D eigenvalue weighted by molar-refractivity contribution is -0.162. The maximum atomic E-state index is 13.0. The molecule has 4 nitrogen and oxygen atoms in total. The molecule has 1 aromatic rings. The summed E-state index contributed by atoms with van der Waals surface area (Å²) >= 11 is 0. The molecule has 33 heavy (non-hydrogen) atoms. The van der Waals surface area contributed by atoms with E-state index >= 15 is 0 Å². The van der Waals surface area contributed by atoms with Crippen molar-refractivity contribution in [1.82, 2.24) is 15.2 Å². The summed E-state index contributed by atoms with van der Waals surface area (Å²) in [7, 11) is 2.11. The highest BCUT2D eigenvalue weighted by atomic mass is 19.4. The quantitative estimate of drug-likeness (QED) is 0.551. The Hall–Kier alpha value is -2.38. The molecule has 4 rings (SSSR count). The molecule has 0 saturated carbocycles. The Balaban J connectivity index is 1.38. The summed E-state index contributed by atoms with van der Waals surface area (Å²) in [5.74, 6) is 0.343. The number of likely N-dealkylation sites (N-methyl/N-ethyl adjacent to an activating group) is 1. The number of halogens is 3. The third-order valence-corrected chi connectivity index (χ3v) is 7.05. The number of hydrogen-bond donors (Lipinski definition) is 2. The van der Waals surface area contributed by atoms with E-state index in [0.29, 0.717) is 30.8 Å². The molecule has 1 aliphatic carbocycles. The predicted octanol–water partition coefficient (Wildman–Crippen LogP) is 5.76. The van der Waals surface area contributed by atoms with Gasteiger partial charge in [-0.1, -0.05) is 42.5 Å². The van der Waals surface area contributed by atoms with E-state index in [4.69, 9.17) is 0 Å². The van der Waals surface area contributed by atoms with Gasteiger partial charge in [0.1, 0.15) is 5.82 Å². The van der Waals surface area contributed by atoms with Crippen molar-refractivity contribution in [3.05, 3.63) is 72.1 Å². The molecule has 7 heteroatoms. The zero-order valence-electron chi connectivity index (χ0n) is 19.2. The van der Waals surface area contributed by atoms with E-state index in [0.717, 1.165) is 24.2 Å². The molecule has 5 atom stereocenters. The Morgan fingerprint density at radius 2 is 2.06 bits per heavy atom. The number of aromatic nitrogens is 1. The predicted molar refractivity (Wildman–Crippen MR) is 127 cm³/mol. The van der Waals surface area contributed by atoms with Crippen LogP contribution in [0.5, 0.6) is 0 Å². The number of nitrogens with zero attached hydrogens (tertiary/aromatic N) is 2. The smallest absolute Gasteiger partial charge is 0.347 e. The molecular formula is C26H33F3N4. The maximum Gasteiger partial charge on any atom is 0.395 e. The lowest BCUT2D eigenvalue weighted by Crippen LogP contribution is -2.46. The molecule has 0 radical (unpaired) electrons. The van der Waals surface area contributed by atoms with Crippen LogP contribution < -0.4 is 10.6 Å². The first-order valence-corrected chi connectivity index (χ1v) is 11.8. The van der Waals surface area contributed by atoms with Gasteiger partial charge in [0, 0.05) is 30.3 Å². The zero-order valence-corrected chi connectivity index (χ0v) is 19.2. The minimum absolute atomic E-state index is 0.0403. The maximum absolute atomic E-state index is 13.0. The lowest BCUT2D eigenvalue weighted by atomic mass is 9.85. The van der Waals surface area contributed by atoms with Gasteiger partial charge in [-0.3, -0.25) is 10.2 Å². The standard InChI is InChI=1S/C26H33F3N4/c1-18-15-20(16-21-12-14-31-25-23(21)7-4-13-30-25)9-11-24(33(18)2)32-17-19-5-3-6-22(10-8-19)26(27,28)29/h4-5,7-14,18,20-22,24,32H,3,6,15-17H2,1-2H3,(H,30,31). The lowest BCUT2D eigenvalue weighted by Gasteiger charge is -2.31. The monoisotopic (exact) mass is 458 g/mol. The Morgan fingerprint density at radius 1 is 1.21 bits per heavy atom. The van der Waals surface area contributed by atoms with E-state index in [1.165, 1.54) is 11.6 Å². The van der Waals surface area contributed by atoms with Crippen LogP contribution in [0.3, 0.4) is 0 Å². The van der Waals surface area contributed by atoms with Crippen molar-refractivity contribution in [3.63, 3.8) is 0 Å². The summed E-state index contributed by atoms with van der Waals surface area (Å²) in [6, 6.07) is 4.50. The largest absolute Gasteiger partial charge is 0.395 e. The summed E-state index contributed by atoms with van der Waals surface area (Å²) in [5.41, 5.74) is 2.15. The summed E-state index contributed by atoms with van der Waals surface area (Å²) in [6.45, 7) is 2.79. The molecule has 178 valence electrons. The van der Waals surface area contributed by atoms with E-state index in [1.807, 2.05) is 24.5 Å². The van der Waals surface area contributed by atoms with Gasteiger partial charge < -0.3 is 5.32 Å². The molecule has 0 saturated heterocycles. The van der Waals surface area contributed by atoms with E-state index in [1.54, 1.807) is 6.08 Å². The number of fused-ring (bicyclic) bond motifs is 1. The fraction of sp³-hybridized carbons (Fsp3) is 0.500. The third-order valence-electron chi connectivity index (χ3n) is 7.05.